The van der Waals surface area contributed by atoms with Crippen LogP contribution in [0.1, 0.15) is 56.1 Å². The monoisotopic (exact) mass is 288 g/mol. The Bertz CT molecular complexity index is 689. The zero-order valence-electron chi connectivity index (χ0n) is 13.2. The summed E-state index contributed by atoms with van der Waals surface area (Å²) in [7, 11) is 0. The number of hydrogen-bond acceptors (Lipinski definition) is 0. The zero-order chi connectivity index (χ0) is 14.3. The summed E-state index contributed by atoms with van der Waals surface area (Å²) < 4.78 is 0. The molecule has 0 unspecified atom stereocenters. The van der Waals surface area contributed by atoms with Crippen molar-refractivity contribution in [2.75, 3.05) is 0 Å². The Morgan fingerprint density at radius 1 is 0.864 bits per heavy atom. The fourth-order valence-corrected chi connectivity index (χ4v) is 7.45. The van der Waals surface area contributed by atoms with Crippen molar-refractivity contribution < 1.29 is 0 Å². The second-order valence-electron chi connectivity index (χ2n) is 8.55. The van der Waals surface area contributed by atoms with Crippen molar-refractivity contribution in [3.05, 3.63) is 53.1 Å². The summed E-state index contributed by atoms with van der Waals surface area (Å²) in [6.07, 6.45) is 15.1. The van der Waals surface area contributed by atoms with Crippen LogP contribution in [0, 0.1) is 23.7 Å². The van der Waals surface area contributed by atoms with Gasteiger partial charge in [-0.05, 0) is 85.3 Å². The quantitative estimate of drug-likeness (QED) is 0.591. The van der Waals surface area contributed by atoms with E-state index >= 15 is 0 Å². The summed E-state index contributed by atoms with van der Waals surface area (Å²) in [6.45, 7) is 0. The second-order valence-corrected chi connectivity index (χ2v) is 8.55. The maximum absolute atomic E-state index is 2.49. The Balaban J connectivity index is 1.65. The van der Waals surface area contributed by atoms with Gasteiger partial charge in [0.2, 0.25) is 0 Å². The van der Waals surface area contributed by atoms with Crippen LogP contribution in [0.5, 0.6) is 0 Å². The molecular formula is C22H24. The van der Waals surface area contributed by atoms with Gasteiger partial charge in [-0.25, -0.2) is 0 Å². The number of fused-ring (bicyclic) bond motifs is 2. The van der Waals surface area contributed by atoms with Gasteiger partial charge in [0.05, 0.1) is 0 Å². The van der Waals surface area contributed by atoms with Gasteiger partial charge in [-0.2, -0.15) is 0 Å². The molecular weight excluding hydrogens is 264 g/mol. The molecule has 6 aliphatic carbocycles. The van der Waals surface area contributed by atoms with Crippen LogP contribution in [0.4, 0.5) is 0 Å². The van der Waals surface area contributed by atoms with E-state index in [1.807, 2.05) is 5.57 Å². The van der Waals surface area contributed by atoms with Crippen LogP contribution in [0.2, 0.25) is 0 Å². The lowest BCUT2D eigenvalue weighted by molar-refractivity contribution is -0.0433. The van der Waals surface area contributed by atoms with Gasteiger partial charge in [0, 0.05) is 5.41 Å². The molecule has 0 N–H and O–H groups in total. The van der Waals surface area contributed by atoms with Gasteiger partial charge in [-0.3, -0.25) is 0 Å². The number of allylic oxidation sites excluding steroid dienone is 4. The molecule has 1 spiro atoms. The molecule has 22 heavy (non-hydrogen) atoms. The first-order chi connectivity index (χ1) is 10.9. The predicted octanol–water partition coefficient (Wildman–Crippen LogP) is 5.50. The highest BCUT2D eigenvalue weighted by molar-refractivity contribution is 5.87. The van der Waals surface area contributed by atoms with E-state index < -0.39 is 0 Å². The van der Waals surface area contributed by atoms with E-state index in [0.29, 0.717) is 5.41 Å². The molecule has 0 radical (unpaired) electrons. The molecule has 0 heterocycles. The third-order valence-electron chi connectivity index (χ3n) is 7.76. The third-order valence-corrected chi connectivity index (χ3v) is 7.76. The van der Waals surface area contributed by atoms with Gasteiger partial charge in [0.25, 0.3) is 0 Å². The molecule has 6 aliphatic rings. The van der Waals surface area contributed by atoms with Crippen LogP contribution in [0.15, 0.2) is 42.0 Å². The molecule has 0 heteroatoms. The van der Waals surface area contributed by atoms with Gasteiger partial charge in [-0.15, -0.1) is 0 Å². The van der Waals surface area contributed by atoms with E-state index in [9.17, 15) is 0 Å². The highest BCUT2D eigenvalue weighted by Crippen LogP contribution is 2.69. The summed E-state index contributed by atoms with van der Waals surface area (Å²) in [5, 5.41) is 0. The summed E-state index contributed by atoms with van der Waals surface area (Å²) in [5.41, 5.74) is 7.23. The van der Waals surface area contributed by atoms with Gasteiger partial charge >= 0.3 is 0 Å². The Kier molecular flexibility index (Phi) is 2.19. The van der Waals surface area contributed by atoms with Crippen LogP contribution in [0.3, 0.4) is 0 Å². The standard InChI is InChI=1S/C22H24/c1-3-7-20-18(5-1)19-6-2-4-8-21(19)22(20)16-10-14-9-15(12-16)13-17(22)11-14/h1-3,5-7,14-17H,4,8-13H2. The molecule has 0 amide bonds. The summed E-state index contributed by atoms with van der Waals surface area (Å²) in [4.78, 5) is 0. The van der Waals surface area contributed by atoms with Crippen molar-refractivity contribution in [2.45, 2.75) is 50.4 Å². The van der Waals surface area contributed by atoms with Crippen molar-refractivity contribution >= 4 is 5.57 Å². The lowest BCUT2D eigenvalue weighted by Gasteiger charge is -2.62. The van der Waals surface area contributed by atoms with Crippen LogP contribution < -0.4 is 0 Å². The summed E-state index contributed by atoms with van der Waals surface area (Å²) in [5.74, 6) is 4.01. The fourth-order valence-electron chi connectivity index (χ4n) is 7.45. The molecule has 4 bridgehead atoms. The number of rotatable bonds is 0. The number of benzene rings is 1. The van der Waals surface area contributed by atoms with Crippen molar-refractivity contribution in [1.29, 1.82) is 0 Å². The predicted molar refractivity (Wildman–Crippen MR) is 90.5 cm³/mol. The SMILES string of the molecule is C1=CC2=C(CC1)C1(c3ccccc32)C2CC3CC(C2)CC1C3. The maximum atomic E-state index is 2.49. The van der Waals surface area contributed by atoms with Crippen LogP contribution in [-0.4, -0.2) is 0 Å². The first-order valence-electron chi connectivity index (χ1n) is 9.37. The van der Waals surface area contributed by atoms with Crippen LogP contribution >= 0.6 is 0 Å². The van der Waals surface area contributed by atoms with Crippen molar-refractivity contribution in [3.8, 4) is 0 Å². The zero-order valence-corrected chi connectivity index (χ0v) is 13.2. The first kappa shape index (κ1) is 12.2. The van der Waals surface area contributed by atoms with Gasteiger partial charge in [0.15, 0.2) is 0 Å². The minimum Gasteiger partial charge on any atom is -0.0836 e. The molecule has 0 aromatic heterocycles. The van der Waals surface area contributed by atoms with Crippen molar-refractivity contribution in [2.24, 2.45) is 23.7 Å². The lowest BCUT2D eigenvalue weighted by Crippen LogP contribution is -2.55. The molecule has 112 valence electrons. The molecule has 4 fully saturated rings. The Morgan fingerprint density at radius 2 is 1.59 bits per heavy atom. The minimum absolute atomic E-state index is 0.449. The topological polar surface area (TPSA) is 0 Å². The van der Waals surface area contributed by atoms with E-state index in [0.717, 1.165) is 23.7 Å². The second kappa shape index (κ2) is 3.96. The molecule has 4 saturated carbocycles. The molecule has 0 atom stereocenters. The lowest BCUT2D eigenvalue weighted by atomic mass is 9.42. The highest BCUT2D eigenvalue weighted by atomic mass is 14.6. The Labute approximate surface area is 133 Å². The molecule has 0 saturated heterocycles. The average Bonchev–Trinajstić information content (AvgIpc) is 2.84. The molecule has 7 rings (SSSR count). The highest BCUT2D eigenvalue weighted by Gasteiger charge is 2.61. The van der Waals surface area contributed by atoms with E-state index in [-0.39, 0.29) is 0 Å². The normalized spacial score (nSPS) is 43.8. The smallest absolute Gasteiger partial charge is 0.0234 e. The third kappa shape index (κ3) is 1.24. The van der Waals surface area contributed by atoms with Gasteiger partial charge in [0.1, 0.15) is 0 Å². The Morgan fingerprint density at radius 3 is 2.36 bits per heavy atom. The Hall–Kier alpha value is -1.30. The van der Waals surface area contributed by atoms with E-state index in [1.165, 1.54) is 38.5 Å². The van der Waals surface area contributed by atoms with Crippen molar-refractivity contribution in [3.63, 3.8) is 0 Å². The molecule has 0 nitrogen and oxygen atoms in total. The minimum atomic E-state index is 0.449. The van der Waals surface area contributed by atoms with E-state index in [1.54, 1.807) is 23.1 Å². The summed E-state index contributed by atoms with van der Waals surface area (Å²) in [6, 6.07) is 9.44. The largest absolute Gasteiger partial charge is 0.0836 e. The van der Waals surface area contributed by atoms with Crippen molar-refractivity contribution in [1.82, 2.24) is 0 Å². The van der Waals surface area contributed by atoms with Crippen LogP contribution in [0.25, 0.3) is 5.57 Å². The van der Waals surface area contributed by atoms with E-state index in [2.05, 4.69) is 36.4 Å². The maximum Gasteiger partial charge on any atom is 0.0234 e. The fraction of sp³-hybridized carbons (Fsp3) is 0.545. The summed E-state index contributed by atoms with van der Waals surface area (Å²) >= 11 is 0. The van der Waals surface area contributed by atoms with Crippen LogP contribution in [-0.2, 0) is 5.41 Å². The average molecular weight is 288 g/mol. The van der Waals surface area contributed by atoms with Gasteiger partial charge < -0.3 is 0 Å². The molecule has 1 aromatic carbocycles. The molecule has 1 aromatic rings. The number of hydrogen-bond donors (Lipinski definition) is 0. The first-order valence-corrected chi connectivity index (χ1v) is 9.37. The van der Waals surface area contributed by atoms with Gasteiger partial charge in [-0.1, -0.05) is 42.0 Å². The molecule has 0 aliphatic heterocycles. The van der Waals surface area contributed by atoms with E-state index in [4.69, 9.17) is 0 Å².